The molecule has 0 atom stereocenters. The van der Waals surface area contributed by atoms with Crippen LogP contribution in [0.4, 0.5) is 0 Å². The van der Waals surface area contributed by atoms with Gasteiger partial charge in [0.15, 0.2) is 0 Å². The van der Waals surface area contributed by atoms with E-state index in [9.17, 15) is 9.59 Å². The zero-order valence-corrected chi connectivity index (χ0v) is 16.1. The fourth-order valence-electron chi connectivity index (χ4n) is 2.33. The molecule has 134 valence electrons. The fraction of sp³-hybridized carbons (Fsp3) is 0.579. The van der Waals surface area contributed by atoms with Gasteiger partial charge in [-0.15, -0.1) is 0 Å². The zero-order valence-electron chi connectivity index (χ0n) is 14.5. The summed E-state index contributed by atoms with van der Waals surface area (Å²) in [5, 5.41) is 2.73. The first-order chi connectivity index (χ1) is 11.6. The lowest BCUT2D eigenvalue weighted by atomic mass is 10.1. The standard InChI is InChI=1S/C19H28BrNO3/c1-2-3-4-5-6-7-8-14-24-18(22)12-13-21-19(23)16-10-9-11-17(20)15-16/h9-11,15H,2-8,12-14H2,1H3,(H,21,23). The van der Waals surface area contributed by atoms with Crippen LogP contribution in [0.5, 0.6) is 0 Å². The summed E-state index contributed by atoms with van der Waals surface area (Å²) in [5.41, 5.74) is 0.570. The topological polar surface area (TPSA) is 55.4 Å². The molecule has 0 saturated heterocycles. The number of esters is 1. The van der Waals surface area contributed by atoms with Gasteiger partial charge in [0.25, 0.3) is 5.91 Å². The van der Waals surface area contributed by atoms with Crippen LogP contribution < -0.4 is 5.32 Å². The predicted octanol–water partition coefficient (Wildman–Crippen LogP) is 4.86. The molecular weight excluding hydrogens is 370 g/mol. The monoisotopic (exact) mass is 397 g/mol. The van der Waals surface area contributed by atoms with Crippen molar-refractivity contribution >= 4 is 27.8 Å². The lowest BCUT2D eigenvalue weighted by molar-refractivity contribution is -0.143. The normalized spacial score (nSPS) is 10.4. The molecule has 0 aliphatic carbocycles. The largest absolute Gasteiger partial charge is 0.466 e. The smallest absolute Gasteiger partial charge is 0.307 e. The number of carbonyl (C=O) groups excluding carboxylic acids is 2. The molecule has 0 spiro atoms. The highest BCUT2D eigenvalue weighted by atomic mass is 79.9. The summed E-state index contributed by atoms with van der Waals surface area (Å²) in [7, 11) is 0. The Labute approximate surface area is 153 Å². The molecule has 0 aliphatic heterocycles. The van der Waals surface area contributed by atoms with Gasteiger partial charge in [-0.2, -0.15) is 0 Å². The van der Waals surface area contributed by atoms with E-state index in [1.165, 1.54) is 32.1 Å². The van der Waals surface area contributed by atoms with Gasteiger partial charge in [0.1, 0.15) is 0 Å². The first kappa shape index (κ1) is 20.7. The number of nitrogens with one attached hydrogen (secondary N) is 1. The second-order valence-corrected chi connectivity index (χ2v) is 6.77. The number of carbonyl (C=O) groups is 2. The lowest BCUT2D eigenvalue weighted by Crippen LogP contribution is -2.26. The molecule has 1 N–H and O–H groups in total. The van der Waals surface area contributed by atoms with Crippen LogP contribution >= 0.6 is 15.9 Å². The molecule has 1 aromatic carbocycles. The predicted molar refractivity (Wildman–Crippen MR) is 100 cm³/mol. The van der Waals surface area contributed by atoms with Gasteiger partial charge in [0.2, 0.25) is 0 Å². The maximum atomic E-state index is 11.9. The third kappa shape index (κ3) is 9.71. The van der Waals surface area contributed by atoms with Crippen molar-refractivity contribution in [2.24, 2.45) is 0 Å². The molecule has 1 aromatic rings. The maximum Gasteiger partial charge on any atom is 0.307 e. The fourth-order valence-corrected chi connectivity index (χ4v) is 2.73. The van der Waals surface area contributed by atoms with E-state index >= 15 is 0 Å². The number of ether oxygens (including phenoxy) is 1. The molecule has 24 heavy (non-hydrogen) atoms. The first-order valence-corrected chi connectivity index (χ1v) is 9.62. The second-order valence-electron chi connectivity index (χ2n) is 5.86. The van der Waals surface area contributed by atoms with E-state index in [1.807, 2.05) is 6.07 Å². The van der Waals surface area contributed by atoms with Crippen LogP contribution in [0.2, 0.25) is 0 Å². The van der Waals surface area contributed by atoms with E-state index < -0.39 is 0 Å². The van der Waals surface area contributed by atoms with Crippen molar-refractivity contribution in [3.8, 4) is 0 Å². The molecule has 0 fully saturated rings. The molecule has 1 amide bonds. The summed E-state index contributed by atoms with van der Waals surface area (Å²) in [4.78, 5) is 23.5. The minimum absolute atomic E-state index is 0.184. The van der Waals surface area contributed by atoms with Gasteiger partial charge in [-0.05, 0) is 24.6 Å². The van der Waals surface area contributed by atoms with E-state index in [0.717, 1.165) is 17.3 Å². The second kappa shape index (κ2) is 13.0. The molecule has 0 unspecified atom stereocenters. The number of halogens is 1. The van der Waals surface area contributed by atoms with Crippen LogP contribution in [0.3, 0.4) is 0 Å². The van der Waals surface area contributed by atoms with Crippen LogP contribution in [0.1, 0.15) is 68.6 Å². The summed E-state index contributed by atoms with van der Waals surface area (Å²) in [5.74, 6) is -0.438. The SMILES string of the molecule is CCCCCCCCCOC(=O)CCNC(=O)c1cccc(Br)c1. The third-order valence-corrected chi connectivity index (χ3v) is 4.21. The molecule has 4 nitrogen and oxygen atoms in total. The van der Waals surface area contributed by atoms with Crippen molar-refractivity contribution in [1.82, 2.24) is 5.32 Å². The Kier molecular flexibility index (Phi) is 11.2. The Bertz CT molecular complexity index is 505. The summed E-state index contributed by atoms with van der Waals surface area (Å²) in [6.07, 6.45) is 8.57. The van der Waals surface area contributed by atoms with E-state index in [0.29, 0.717) is 18.7 Å². The molecule has 5 heteroatoms. The van der Waals surface area contributed by atoms with Crippen molar-refractivity contribution in [3.63, 3.8) is 0 Å². The molecule has 0 bridgehead atoms. The Morgan fingerprint density at radius 2 is 1.79 bits per heavy atom. The van der Waals surface area contributed by atoms with Gasteiger partial charge in [-0.1, -0.05) is 67.4 Å². The summed E-state index contributed by atoms with van der Waals surface area (Å²) in [6.45, 7) is 2.98. The van der Waals surface area contributed by atoms with Crippen LogP contribution in [-0.4, -0.2) is 25.0 Å². The van der Waals surface area contributed by atoms with Crippen LogP contribution in [0.25, 0.3) is 0 Å². The number of unbranched alkanes of at least 4 members (excludes halogenated alkanes) is 6. The van der Waals surface area contributed by atoms with Gasteiger partial charge in [0, 0.05) is 16.6 Å². The van der Waals surface area contributed by atoms with Gasteiger partial charge in [-0.3, -0.25) is 9.59 Å². The van der Waals surface area contributed by atoms with Crippen LogP contribution in [-0.2, 0) is 9.53 Å². The van der Waals surface area contributed by atoms with E-state index in [2.05, 4.69) is 28.2 Å². The molecule has 0 aliphatic rings. The van der Waals surface area contributed by atoms with Crippen molar-refractivity contribution in [2.45, 2.75) is 58.3 Å². The summed E-state index contributed by atoms with van der Waals surface area (Å²) in [6, 6.07) is 7.14. The third-order valence-electron chi connectivity index (χ3n) is 3.71. The number of hydrogen-bond acceptors (Lipinski definition) is 3. The van der Waals surface area contributed by atoms with Crippen LogP contribution in [0.15, 0.2) is 28.7 Å². The van der Waals surface area contributed by atoms with Crippen molar-refractivity contribution in [3.05, 3.63) is 34.3 Å². The van der Waals surface area contributed by atoms with E-state index in [4.69, 9.17) is 4.74 Å². The highest BCUT2D eigenvalue weighted by Crippen LogP contribution is 2.11. The molecule has 0 radical (unpaired) electrons. The Morgan fingerprint density at radius 1 is 1.08 bits per heavy atom. The molecule has 0 aromatic heterocycles. The van der Waals surface area contributed by atoms with Crippen molar-refractivity contribution in [1.29, 1.82) is 0 Å². The highest BCUT2D eigenvalue weighted by molar-refractivity contribution is 9.10. The number of amides is 1. The highest BCUT2D eigenvalue weighted by Gasteiger charge is 2.07. The molecule has 0 heterocycles. The number of benzene rings is 1. The average molecular weight is 398 g/mol. The Hall–Kier alpha value is -1.36. The maximum absolute atomic E-state index is 11.9. The summed E-state index contributed by atoms with van der Waals surface area (Å²) < 4.78 is 6.03. The number of hydrogen-bond donors (Lipinski definition) is 1. The average Bonchev–Trinajstić information content (AvgIpc) is 2.57. The van der Waals surface area contributed by atoms with E-state index in [1.54, 1.807) is 18.2 Å². The van der Waals surface area contributed by atoms with Gasteiger partial charge < -0.3 is 10.1 Å². The molecular formula is C19H28BrNO3. The molecule has 1 rings (SSSR count). The van der Waals surface area contributed by atoms with E-state index in [-0.39, 0.29) is 18.3 Å². The van der Waals surface area contributed by atoms with Crippen molar-refractivity contribution < 1.29 is 14.3 Å². The summed E-state index contributed by atoms with van der Waals surface area (Å²) >= 11 is 3.33. The number of rotatable bonds is 12. The van der Waals surface area contributed by atoms with Gasteiger partial charge >= 0.3 is 5.97 Å². The van der Waals surface area contributed by atoms with Gasteiger partial charge in [0.05, 0.1) is 13.0 Å². The minimum atomic E-state index is -0.254. The quantitative estimate of drug-likeness (QED) is 0.404. The van der Waals surface area contributed by atoms with Crippen molar-refractivity contribution in [2.75, 3.05) is 13.2 Å². The zero-order chi connectivity index (χ0) is 17.6. The lowest BCUT2D eigenvalue weighted by Gasteiger charge is -2.07. The van der Waals surface area contributed by atoms with Crippen LogP contribution in [0, 0.1) is 0 Å². The Morgan fingerprint density at radius 3 is 2.50 bits per heavy atom. The first-order valence-electron chi connectivity index (χ1n) is 8.83. The van der Waals surface area contributed by atoms with Gasteiger partial charge in [-0.25, -0.2) is 0 Å². The molecule has 0 saturated carbocycles. The Balaban J connectivity index is 2.03. The minimum Gasteiger partial charge on any atom is -0.466 e.